The van der Waals surface area contributed by atoms with Gasteiger partial charge in [-0.05, 0) is 0 Å². The van der Waals surface area contributed by atoms with E-state index in [0.717, 1.165) is 4.38 Å². The molecule has 0 aromatic heterocycles. The second-order valence-electron chi connectivity index (χ2n) is 3.49. The van der Waals surface area contributed by atoms with Crippen LogP contribution in [0.5, 0.6) is 0 Å². The van der Waals surface area contributed by atoms with E-state index in [9.17, 15) is 4.79 Å². The maximum Gasteiger partial charge on any atom is 0.327 e. The lowest BCUT2D eigenvalue weighted by molar-refractivity contribution is -0.138. The van der Waals surface area contributed by atoms with Gasteiger partial charge in [0.1, 0.15) is 10.9 Å². The zero-order valence-electron chi connectivity index (χ0n) is 9.94. The van der Waals surface area contributed by atoms with Crippen molar-refractivity contribution >= 4 is 33.9 Å². The maximum absolute atomic E-state index is 10.9. The number of rotatable bonds is 4. The Morgan fingerprint density at radius 2 is 1.67 bits per heavy atom. The Kier molecular flexibility index (Phi) is 7.96. The van der Waals surface area contributed by atoms with Crippen molar-refractivity contribution in [1.82, 2.24) is 0 Å². The highest BCUT2D eigenvalue weighted by molar-refractivity contribution is 8.39. The Balaban J connectivity index is 4.26. The van der Waals surface area contributed by atoms with Crippen LogP contribution in [-0.4, -0.2) is 34.5 Å². The summed E-state index contributed by atoms with van der Waals surface area (Å²) in [7, 11) is 1.38. The fraction of sp³-hybridized carbons (Fsp3) is 0.800. The Morgan fingerprint density at radius 3 is 2.00 bits per heavy atom. The molecule has 0 radical (unpaired) electrons. The molecule has 3 nitrogen and oxygen atoms in total. The third-order valence-electron chi connectivity index (χ3n) is 1.24. The van der Waals surface area contributed by atoms with Crippen molar-refractivity contribution in [2.45, 2.75) is 38.2 Å². The first-order valence-electron chi connectivity index (χ1n) is 4.90. The van der Waals surface area contributed by atoms with E-state index >= 15 is 0 Å². The summed E-state index contributed by atoms with van der Waals surface area (Å²) in [5.74, 6) is -0.291. The molecule has 0 N–H and O–H groups in total. The smallest absolute Gasteiger partial charge is 0.327 e. The average molecular weight is 249 g/mol. The van der Waals surface area contributed by atoms with Gasteiger partial charge in [0, 0.05) is 10.5 Å². The number of aliphatic imine (C=N–C) groups is 1. The number of hydrogen-bond acceptors (Lipinski definition) is 5. The van der Waals surface area contributed by atoms with Gasteiger partial charge >= 0.3 is 5.97 Å². The molecule has 88 valence electrons. The number of thioether (sulfide) groups is 2. The van der Waals surface area contributed by atoms with Gasteiger partial charge in [-0.25, -0.2) is 0 Å². The van der Waals surface area contributed by atoms with Crippen LogP contribution in [0.1, 0.15) is 27.7 Å². The van der Waals surface area contributed by atoms with Gasteiger partial charge in [0.05, 0.1) is 7.11 Å². The van der Waals surface area contributed by atoms with E-state index in [2.05, 4.69) is 37.4 Å². The first-order chi connectivity index (χ1) is 6.95. The van der Waals surface area contributed by atoms with Gasteiger partial charge in [-0.3, -0.25) is 9.79 Å². The molecule has 0 saturated heterocycles. The van der Waals surface area contributed by atoms with Crippen molar-refractivity contribution in [1.29, 1.82) is 0 Å². The van der Waals surface area contributed by atoms with Crippen LogP contribution in [0, 0.1) is 0 Å². The Bertz CT molecular complexity index is 215. The molecule has 0 heterocycles. The number of hydrogen-bond donors (Lipinski definition) is 0. The largest absolute Gasteiger partial charge is 0.468 e. The lowest BCUT2D eigenvalue weighted by Gasteiger charge is -2.10. The van der Waals surface area contributed by atoms with E-state index < -0.39 is 0 Å². The lowest BCUT2D eigenvalue weighted by Crippen LogP contribution is -2.07. The standard InChI is InChI=1S/C10H19NO2S2/c1-7(2)14-10(15-8(3)4)11-6-9(12)13-5/h7-8H,6H2,1-5H3. The SMILES string of the molecule is COC(=O)CN=C(SC(C)C)SC(C)C. The van der Waals surface area contributed by atoms with Gasteiger partial charge in [-0.2, -0.15) is 0 Å². The topological polar surface area (TPSA) is 38.7 Å². The second kappa shape index (κ2) is 8.05. The number of nitrogens with zero attached hydrogens (tertiary/aromatic N) is 1. The Hall–Kier alpha value is -0.160. The third kappa shape index (κ3) is 8.81. The van der Waals surface area contributed by atoms with E-state index in [-0.39, 0.29) is 12.5 Å². The van der Waals surface area contributed by atoms with Gasteiger partial charge in [0.25, 0.3) is 0 Å². The summed E-state index contributed by atoms with van der Waals surface area (Å²) in [5, 5.41) is 0.959. The number of methoxy groups -OCH3 is 1. The minimum atomic E-state index is -0.291. The molecule has 0 aromatic rings. The van der Waals surface area contributed by atoms with Gasteiger partial charge in [0.2, 0.25) is 0 Å². The zero-order valence-corrected chi connectivity index (χ0v) is 11.6. The molecule has 0 aliphatic carbocycles. The van der Waals surface area contributed by atoms with Gasteiger partial charge < -0.3 is 4.74 Å². The molecule has 0 saturated carbocycles. The molecule has 0 unspecified atom stereocenters. The van der Waals surface area contributed by atoms with Crippen LogP contribution in [0.15, 0.2) is 4.99 Å². The minimum absolute atomic E-state index is 0.116. The third-order valence-corrected chi connectivity index (χ3v) is 3.42. The van der Waals surface area contributed by atoms with Crippen molar-refractivity contribution < 1.29 is 9.53 Å². The summed E-state index contributed by atoms with van der Waals surface area (Å²) in [4.78, 5) is 15.2. The van der Waals surface area contributed by atoms with Crippen molar-refractivity contribution in [3.63, 3.8) is 0 Å². The number of carbonyl (C=O) groups excluding carboxylic acids is 1. The van der Waals surface area contributed by atoms with Crippen LogP contribution in [0.25, 0.3) is 0 Å². The van der Waals surface area contributed by atoms with Gasteiger partial charge in [-0.1, -0.05) is 51.2 Å². The summed E-state index contributed by atoms with van der Waals surface area (Å²) in [6, 6.07) is 0. The van der Waals surface area contributed by atoms with E-state index in [4.69, 9.17) is 0 Å². The van der Waals surface area contributed by atoms with Gasteiger partial charge in [-0.15, -0.1) is 0 Å². The highest BCUT2D eigenvalue weighted by atomic mass is 32.2. The molecule has 15 heavy (non-hydrogen) atoms. The van der Waals surface area contributed by atoms with Gasteiger partial charge in [0.15, 0.2) is 0 Å². The number of carbonyl (C=O) groups is 1. The fourth-order valence-electron chi connectivity index (χ4n) is 0.699. The normalized spacial score (nSPS) is 10.6. The van der Waals surface area contributed by atoms with E-state index in [1.165, 1.54) is 7.11 Å². The molecule has 0 amide bonds. The quantitative estimate of drug-likeness (QED) is 0.436. The summed E-state index contributed by atoms with van der Waals surface area (Å²) in [6.07, 6.45) is 0. The molecule has 0 aliphatic heterocycles. The molecule has 0 aliphatic rings. The fourth-order valence-corrected chi connectivity index (χ4v) is 3.16. The molecular weight excluding hydrogens is 230 g/mol. The maximum atomic E-state index is 10.9. The molecule has 0 aromatic carbocycles. The predicted octanol–water partition coefficient (Wildman–Crippen LogP) is 2.80. The lowest BCUT2D eigenvalue weighted by atomic mass is 10.6. The highest BCUT2D eigenvalue weighted by Crippen LogP contribution is 2.24. The van der Waals surface area contributed by atoms with Crippen LogP contribution in [0.4, 0.5) is 0 Å². The monoisotopic (exact) mass is 249 g/mol. The molecule has 0 rings (SSSR count). The van der Waals surface area contributed by atoms with Crippen LogP contribution < -0.4 is 0 Å². The number of esters is 1. The van der Waals surface area contributed by atoms with Crippen LogP contribution in [0.2, 0.25) is 0 Å². The predicted molar refractivity (Wildman–Crippen MR) is 69.8 cm³/mol. The van der Waals surface area contributed by atoms with E-state index in [1.54, 1.807) is 23.5 Å². The highest BCUT2D eigenvalue weighted by Gasteiger charge is 2.08. The van der Waals surface area contributed by atoms with Crippen LogP contribution >= 0.6 is 23.5 Å². The zero-order chi connectivity index (χ0) is 11.8. The molecular formula is C10H19NO2S2. The first-order valence-corrected chi connectivity index (χ1v) is 6.66. The molecule has 5 heteroatoms. The van der Waals surface area contributed by atoms with E-state index in [0.29, 0.717) is 10.5 Å². The molecule has 0 atom stereocenters. The summed E-state index contributed by atoms with van der Waals surface area (Å²) in [6.45, 7) is 8.56. The van der Waals surface area contributed by atoms with Crippen molar-refractivity contribution in [2.24, 2.45) is 4.99 Å². The van der Waals surface area contributed by atoms with E-state index in [1.807, 2.05) is 0 Å². The van der Waals surface area contributed by atoms with Crippen molar-refractivity contribution in [3.05, 3.63) is 0 Å². The summed E-state index contributed by atoms with van der Waals surface area (Å²) in [5.41, 5.74) is 0. The van der Waals surface area contributed by atoms with Crippen LogP contribution in [-0.2, 0) is 9.53 Å². The second-order valence-corrected chi connectivity index (χ2v) is 6.88. The Morgan fingerprint density at radius 1 is 1.20 bits per heavy atom. The summed E-state index contributed by atoms with van der Waals surface area (Å²) < 4.78 is 5.51. The molecule has 0 fully saturated rings. The molecule has 0 spiro atoms. The Labute approximate surface area is 100 Å². The van der Waals surface area contributed by atoms with Crippen molar-refractivity contribution in [3.8, 4) is 0 Å². The first kappa shape index (κ1) is 14.8. The van der Waals surface area contributed by atoms with Crippen molar-refractivity contribution in [2.75, 3.05) is 13.7 Å². The van der Waals surface area contributed by atoms with Crippen LogP contribution in [0.3, 0.4) is 0 Å². The molecule has 0 bridgehead atoms. The number of ether oxygens (including phenoxy) is 1. The minimum Gasteiger partial charge on any atom is -0.468 e. The average Bonchev–Trinajstić information content (AvgIpc) is 2.11. The summed E-state index contributed by atoms with van der Waals surface area (Å²) >= 11 is 3.37.